The summed E-state index contributed by atoms with van der Waals surface area (Å²) in [5.41, 5.74) is -1.50. The number of aromatic nitrogens is 5. The summed E-state index contributed by atoms with van der Waals surface area (Å²) in [4.78, 5) is 18.8. The van der Waals surface area contributed by atoms with Crippen molar-refractivity contribution in [3.8, 4) is 11.4 Å². The number of halogens is 2. The van der Waals surface area contributed by atoms with Gasteiger partial charge in [0, 0.05) is 34.6 Å². The summed E-state index contributed by atoms with van der Waals surface area (Å²) in [7, 11) is 0. The molecule has 4 rings (SSSR count). The second-order valence-electron chi connectivity index (χ2n) is 7.09. The van der Waals surface area contributed by atoms with Crippen LogP contribution >= 0.6 is 23.3 Å². The highest BCUT2D eigenvalue weighted by Gasteiger charge is 2.40. The molecule has 2 aromatic heterocycles. The van der Waals surface area contributed by atoms with Gasteiger partial charge < -0.3 is 5.11 Å². The molecule has 13 heteroatoms. The predicted octanol–water partition coefficient (Wildman–Crippen LogP) is 4.05. The van der Waals surface area contributed by atoms with Crippen LogP contribution in [0.5, 0.6) is 0 Å². The molecule has 33 heavy (non-hydrogen) atoms. The van der Waals surface area contributed by atoms with E-state index in [1.165, 1.54) is 41.6 Å². The summed E-state index contributed by atoms with van der Waals surface area (Å²) in [6.07, 6.45) is 2.67. The van der Waals surface area contributed by atoms with Crippen molar-refractivity contribution in [1.82, 2.24) is 24.1 Å². The number of nitrogens with zero attached hydrogens (tertiary/aromatic N) is 6. The normalized spacial score (nSPS) is 14.1. The van der Waals surface area contributed by atoms with Crippen LogP contribution in [0.4, 0.5) is 14.5 Å². The Bertz CT molecular complexity index is 1290. The second-order valence-corrected chi connectivity index (χ2v) is 9.43. The van der Waals surface area contributed by atoms with Crippen LogP contribution in [-0.4, -0.2) is 39.4 Å². The van der Waals surface area contributed by atoms with Crippen molar-refractivity contribution in [3.63, 3.8) is 0 Å². The Morgan fingerprint density at radius 3 is 2.82 bits per heavy atom. The van der Waals surface area contributed by atoms with Crippen molar-refractivity contribution in [3.05, 3.63) is 82.4 Å². The fraction of sp³-hybridized carbons (Fsp3) is 0.200. The van der Waals surface area contributed by atoms with E-state index in [0.717, 1.165) is 29.4 Å². The van der Waals surface area contributed by atoms with Crippen molar-refractivity contribution in [2.24, 2.45) is 0 Å². The molecular weight excluding hydrogens is 474 g/mol. The molecule has 0 aliphatic rings. The molecule has 1 N–H and O–H groups in total. The van der Waals surface area contributed by atoms with Gasteiger partial charge in [0.15, 0.2) is 10.2 Å². The molecule has 1 unspecified atom stereocenters. The Balaban J connectivity index is 1.63. The maximum Gasteiger partial charge on any atom is 0.270 e. The lowest BCUT2D eigenvalue weighted by atomic mass is 9.90. The lowest BCUT2D eigenvalue weighted by Crippen LogP contribution is -2.41. The third-order valence-corrected chi connectivity index (χ3v) is 7.00. The molecular formula is C20H16F2N6O3S2. The Morgan fingerprint density at radius 2 is 2.12 bits per heavy atom. The molecule has 0 saturated carbocycles. The molecule has 0 aliphatic heterocycles. The van der Waals surface area contributed by atoms with Gasteiger partial charge in [0.05, 0.1) is 11.5 Å². The van der Waals surface area contributed by atoms with Gasteiger partial charge in [-0.2, -0.15) is 9.47 Å². The molecule has 0 saturated heterocycles. The first kappa shape index (κ1) is 22.9. The van der Waals surface area contributed by atoms with E-state index >= 15 is 0 Å². The fourth-order valence-electron chi connectivity index (χ4n) is 3.22. The van der Waals surface area contributed by atoms with Crippen LogP contribution < -0.4 is 0 Å². The Labute approximate surface area is 194 Å². The molecule has 0 fully saturated rings. The van der Waals surface area contributed by atoms with E-state index < -0.39 is 27.4 Å². The zero-order valence-electron chi connectivity index (χ0n) is 17.0. The van der Waals surface area contributed by atoms with Gasteiger partial charge in [-0.25, -0.2) is 23.4 Å². The quantitative estimate of drug-likeness (QED) is 0.223. The van der Waals surface area contributed by atoms with Gasteiger partial charge in [-0.1, -0.05) is 30.0 Å². The third-order valence-electron chi connectivity index (χ3n) is 4.94. The minimum Gasteiger partial charge on any atom is -0.382 e. The van der Waals surface area contributed by atoms with Crippen LogP contribution in [0.2, 0.25) is 0 Å². The maximum atomic E-state index is 14.7. The Morgan fingerprint density at radius 1 is 1.30 bits per heavy atom. The summed E-state index contributed by atoms with van der Waals surface area (Å²) in [5, 5.41) is 25.9. The van der Waals surface area contributed by atoms with E-state index in [9.17, 15) is 24.0 Å². The highest BCUT2D eigenvalue weighted by Crippen LogP contribution is 2.40. The molecule has 0 aliphatic carbocycles. The zero-order valence-corrected chi connectivity index (χ0v) is 18.6. The van der Waals surface area contributed by atoms with Crippen LogP contribution in [0.3, 0.4) is 0 Å². The maximum absolute atomic E-state index is 14.7. The number of hydrogen-bond donors (Lipinski definition) is 1. The molecule has 2 heterocycles. The van der Waals surface area contributed by atoms with Crippen LogP contribution in [0, 0.1) is 21.7 Å². The monoisotopic (exact) mass is 490 g/mol. The highest BCUT2D eigenvalue weighted by atomic mass is 32.2. The van der Waals surface area contributed by atoms with Gasteiger partial charge in [0.25, 0.3) is 5.69 Å². The molecule has 0 bridgehead atoms. The number of nitro benzene ring substituents is 1. The zero-order chi connectivity index (χ0) is 23.6. The molecule has 170 valence electrons. The molecule has 0 radical (unpaired) electrons. The van der Waals surface area contributed by atoms with Crippen LogP contribution in [-0.2, 0) is 12.1 Å². The van der Waals surface area contributed by atoms with Crippen molar-refractivity contribution in [1.29, 1.82) is 0 Å². The average Bonchev–Trinajstić information content (AvgIpc) is 3.46. The summed E-state index contributed by atoms with van der Waals surface area (Å²) in [5.74, 6) is -1.35. The van der Waals surface area contributed by atoms with E-state index in [1.807, 2.05) is 0 Å². The second kappa shape index (κ2) is 9.29. The molecule has 0 amide bonds. The average molecular weight is 491 g/mol. The number of thioether (sulfide) groups is 1. The van der Waals surface area contributed by atoms with Crippen molar-refractivity contribution in [2.75, 3.05) is 0 Å². The standard InChI is InChI=1S/C20H16F2N6O3S2/c1-12(32-19-25-18(26-33-19)13-3-2-4-15(7-13)28(30)31)20(29,9-27-11-23-10-24-27)16-6-5-14(21)8-17(16)22/h2-8,10-12,29H,9H2,1H3/t12-,20?/m1/s1. The fourth-order valence-corrected chi connectivity index (χ4v) is 5.21. The summed E-state index contributed by atoms with van der Waals surface area (Å²) in [6.45, 7) is 1.54. The van der Waals surface area contributed by atoms with Gasteiger partial charge in [-0.3, -0.25) is 10.1 Å². The summed E-state index contributed by atoms with van der Waals surface area (Å²) < 4.78 is 34.2. The number of non-ortho nitro benzene ring substituents is 1. The molecule has 0 spiro atoms. The van der Waals surface area contributed by atoms with Crippen LogP contribution in [0.25, 0.3) is 11.4 Å². The third kappa shape index (κ3) is 4.89. The molecule has 2 atom stereocenters. The number of rotatable bonds is 8. The van der Waals surface area contributed by atoms with E-state index in [0.29, 0.717) is 21.8 Å². The van der Waals surface area contributed by atoms with Crippen molar-refractivity contribution in [2.45, 2.75) is 28.7 Å². The minimum atomic E-state index is -1.80. The SMILES string of the molecule is C[C@@H](Sc1nc(-c2cccc([N+](=O)[O-])c2)ns1)C(O)(Cn1cncn1)c1ccc(F)cc1F. The number of benzene rings is 2. The van der Waals surface area contributed by atoms with E-state index in [4.69, 9.17) is 0 Å². The van der Waals surface area contributed by atoms with Crippen molar-refractivity contribution < 1.29 is 18.8 Å². The smallest absolute Gasteiger partial charge is 0.270 e. The number of hydrogen-bond acceptors (Lipinski definition) is 9. The van der Waals surface area contributed by atoms with E-state index in [-0.39, 0.29) is 17.8 Å². The molecule has 9 nitrogen and oxygen atoms in total. The largest absolute Gasteiger partial charge is 0.382 e. The predicted molar refractivity (Wildman–Crippen MR) is 118 cm³/mol. The Kier molecular flexibility index (Phi) is 6.44. The van der Waals surface area contributed by atoms with Gasteiger partial charge in [0.1, 0.15) is 29.9 Å². The topological polar surface area (TPSA) is 120 Å². The van der Waals surface area contributed by atoms with Gasteiger partial charge >= 0.3 is 0 Å². The van der Waals surface area contributed by atoms with E-state index in [2.05, 4.69) is 19.4 Å². The van der Waals surface area contributed by atoms with E-state index in [1.54, 1.807) is 13.0 Å². The molecule has 2 aromatic carbocycles. The summed E-state index contributed by atoms with van der Waals surface area (Å²) in [6, 6.07) is 8.93. The Hall–Kier alpha value is -3.29. The summed E-state index contributed by atoms with van der Waals surface area (Å²) >= 11 is 2.19. The number of nitro groups is 1. The van der Waals surface area contributed by atoms with Crippen molar-refractivity contribution >= 4 is 29.0 Å². The first-order valence-electron chi connectivity index (χ1n) is 9.52. The lowest BCUT2D eigenvalue weighted by Gasteiger charge is -2.33. The minimum absolute atomic E-state index is 0.0844. The first-order chi connectivity index (χ1) is 15.8. The highest BCUT2D eigenvalue weighted by molar-refractivity contribution is 8.01. The van der Waals surface area contributed by atoms with Gasteiger partial charge in [-0.05, 0) is 24.5 Å². The van der Waals surface area contributed by atoms with Gasteiger partial charge in [-0.15, -0.1) is 0 Å². The molecule has 4 aromatic rings. The first-order valence-corrected chi connectivity index (χ1v) is 11.2. The van der Waals surface area contributed by atoms with Crippen LogP contribution in [0.15, 0.2) is 59.5 Å². The van der Waals surface area contributed by atoms with Crippen LogP contribution in [0.1, 0.15) is 12.5 Å². The lowest BCUT2D eigenvalue weighted by molar-refractivity contribution is -0.384. The van der Waals surface area contributed by atoms with Gasteiger partial charge in [0.2, 0.25) is 0 Å². The number of aliphatic hydroxyl groups is 1.